The monoisotopic (exact) mass is 267 g/mol. The van der Waals surface area contributed by atoms with Gasteiger partial charge in [0.15, 0.2) is 0 Å². The van der Waals surface area contributed by atoms with Crippen LogP contribution in [-0.4, -0.2) is 44.5 Å². The average molecular weight is 267 g/mol. The van der Waals surface area contributed by atoms with Crippen molar-refractivity contribution < 1.29 is 9.47 Å². The fourth-order valence-electron chi connectivity index (χ4n) is 1.84. The number of pyridine rings is 1. The van der Waals surface area contributed by atoms with Gasteiger partial charge in [0.05, 0.1) is 13.2 Å². The molecule has 108 valence electrons. The maximum absolute atomic E-state index is 5.77. The van der Waals surface area contributed by atoms with E-state index in [-0.39, 0.29) is 0 Å². The Morgan fingerprint density at radius 3 is 2.32 bits per heavy atom. The summed E-state index contributed by atoms with van der Waals surface area (Å²) in [5, 5.41) is 0. The summed E-state index contributed by atoms with van der Waals surface area (Å²) >= 11 is 0. The van der Waals surface area contributed by atoms with Gasteiger partial charge in [0.2, 0.25) is 0 Å². The number of nitrogens with zero attached hydrogens (tertiary/aromatic N) is 2. The second-order valence-electron chi connectivity index (χ2n) is 4.07. The maximum atomic E-state index is 5.77. The summed E-state index contributed by atoms with van der Waals surface area (Å²) in [5.41, 5.74) is 6.82. The molecule has 0 radical (unpaired) electrons. The van der Waals surface area contributed by atoms with Crippen molar-refractivity contribution in [1.82, 2.24) is 4.98 Å². The Bertz CT molecular complexity index is 337. The minimum atomic E-state index is 0.489. The van der Waals surface area contributed by atoms with Gasteiger partial charge in [-0.1, -0.05) is 6.07 Å². The molecule has 1 heterocycles. The van der Waals surface area contributed by atoms with Crippen LogP contribution in [0, 0.1) is 0 Å². The van der Waals surface area contributed by atoms with Crippen LogP contribution < -0.4 is 10.6 Å². The van der Waals surface area contributed by atoms with E-state index >= 15 is 0 Å². The molecule has 0 bridgehead atoms. The fraction of sp³-hybridized carbons (Fsp3) is 0.643. The second-order valence-corrected chi connectivity index (χ2v) is 4.07. The van der Waals surface area contributed by atoms with Crippen LogP contribution in [0.15, 0.2) is 18.3 Å². The Hall–Kier alpha value is -1.17. The van der Waals surface area contributed by atoms with Crippen LogP contribution in [0.2, 0.25) is 0 Å². The summed E-state index contributed by atoms with van der Waals surface area (Å²) < 4.78 is 10.8. The first-order valence-corrected chi connectivity index (χ1v) is 6.87. The number of aromatic nitrogens is 1. The van der Waals surface area contributed by atoms with E-state index in [1.165, 1.54) is 0 Å². The smallest absolute Gasteiger partial charge is 0.133 e. The highest BCUT2D eigenvalue weighted by Crippen LogP contribution is 2.16. The lowest BCUT2D eigenvalue weighted by molar-refractivity contribution is 0.141. The molecule has 0 aliphatic carbocycles. The van der Waals surface area contributed by atoms with Crippen LogP contribution >= 0.6 is 0 Å². The maximum Gasteiger partial charge on any atom is 0.133 e. The number of nitrogens with two attached hydrogens (primary N) is 1. The highest BCUT2D eigenvalue weighted by molar-refractivity contribution is 5.46. The molecule has 0 saturated carbocycles. The predicted molar refractivity (Wildman–Crippen MR) is 77.3 cm³/mol. The summed E-state index contributed by atoms with van der Waals surface area (Å²) in [6.07, 6.45) is 1.79. The Morgan fingerprint density at radius 1 is 1.16 bits per heavy atom. The molecule has 1 aromatic heterocycles. The van der Waals surface area contributed by atoms with Crippen molar-refractivity contribution in [3.05, 3.63) is 23.9 Å². The number of ether oxygens (including phenoxy) is 2. The molecule has 1 aromatic rings. The van der Waals surface area contributed by atoms with Crippen molar-refractivity contribution in [2.45, 2.75) is 20.4 Å². The minimum absolute atomic E-state index is 0.489. The molecule has 0 aromatic carbocycles. The van der Waals surface area contributed by atoms with E-state index in [1.54, 1.807) is 6.20 Å². The molecule has 1 rings (SSSR count). The summed E-state index contributed by atoms with van der Waals surface area (Å²) in [7, 11) is 0. The molecular weight excluding hydrogens is 242 g/mol. The van der Waals surface area contributed by atoms with E-state index in [1.807, 2.05) is 26.0 Å². The van der Waals surface area contributed by atoms with E-state index < -0.39 is 0 Å². The highest BCUT2D eigenvalue weighted by atomic mass is 16.5. The number of rotatable bonds is 10. The average Bonchev–Trinajstić information content (AvgIpc) is 2.46. The van der Waals surface area contributed by atoms with E-state index in [4.69, 9.17) is 15.2 Å². The predicted octanol–water partition coefficient (Wildman–Crippen LogP) is 1.42. The van der Waals surface area contributed by atoms with Crippen molar-refractivity contribution in [2.75, 3.05) is 44.4 Å². The lowest BCUT2D eigenvalue weighted by atomic mass is 10.2. The zero-order valence-corrected chi connectivity index (χ0v) is 12.0. The normalized spacial score (nSPS) is 10.7. The van der Waals surface area contributed by atoms with E-state index in [0.717, 1.165) is 37.7 Å². The van der Waals surface area contributed by atoms with Gasteiger partial charge in [0, 0.05) is 44.6 Å². The SMILES string of the molecule is CCOCCN(CCOCC)c1ncccc1CN. The van der Waals surface area contributed by atoms with Gasteiger partial charge in [0.25, 0.3) is 0 Å². The van der Waals surface area contributed by atoms with Gasteiger partial charge in [-0.05, 0) is 19.9 Å². The lowest BCUT2D eigenvalue weighted by Crippen LogP contribution is -2.33. The topological polar surface area (TPSA) is 60.6 Å². The zero-order chi connectivity index (χ0) is 13.9. The summed E-state index contributed by atoms with van der Waals surface area (Å²) in [5.74, 6) is 0.935. The Morgan fingerprint density at radius 2 is 1.79 bits per heavy atom. The van der Waals surface area contributed by atoms with Crippen LogP contribution in [0.5, 0.6) is 0 Å². The van der Waals surface area contributed by atoms with Gasteiger partial charge in [-0.3, -0.25) is 0 Å². The molecule has 0 aliphatic heterocycles. The van der Waals surface area contributed by atoms with Crippen LogP contribution in [0.1, 0.15) is 19.4 Å². The zero-order valence-electron chi connectivity index (χ0n) is 12.0. The van der Waals surface area contributed by atoms with Gasteiger partial charge in [-0.2, -0.15) is 0 Å². The third kappa shape index (κ3) is 5.55. The van der Waals surface area contributed by atoms with Crippen LogP contribution in [0.4, 0.5) is 5.82 Å². The quantitative estimate of drug-likeness (QED) is 0.650. The van der Waals surface area contributed by atoms with Gasteiger partial charge >= 0.3 is 0 Å². The molecule has 2 N–H and O–H groups in total. The van der Waals surface area contributed by atoms with Gasteiger partial charge in [-0.25, -0.2) is 4.98 Å². The van der Waals surface area contributed by atoms with Crippen LogP contribution in [-0.2, 0) is 16.0 Å². The molecule has 5 heteroatoms. The van der Waals surface area contributed by atoms with Crippen LogP contribution in [0.25, 0.3) is 0 Å². The largest absolute Gasteiger partial charge is 0.380 e. The first kappa shape index (κ1) is 15.9. The molecule has 0 aliphatic rings. The lowest BCUT2D eigenvalue weighted by Gasteiger charge is -2.25. The Kier molecular flexibility index (Phi) is 8.13. The van der Waals surface area contributed by atoms with Crippen molar-refractivity contribution in [1.29, 1.82) is 0 Å². The molecule has 0 saturated heterocycles. The molecule has 0 spiro atoms. The van der Waals surface area contributed by atoms with E-state index in [9.17, 15) is 0 Å². The van der Waals surface area contributed by atoms with Crippen molar-refractivity contribution in [2.24, 2.45) is 5.73 Å². The third-order valence-electron chi connectivity index (χ3n) is 2.81. The number of hydrogen-bond donors (Lipinski definition) is 1. The van der Waals surface area contributed by atoms with Crippen molar-refractivity contribution in [3.63, 3.8) is 0 Å². The number of hydrogen-bond acceptors (Lipinski definition) is 5. The summed E-state index contributed by atoms with van der Waals surface area (Å²) in [6.45, 7) is 8.90. The van der Waals surface area contributed by atoms with E-state index in [2.05, 4.69) is 9.88 Å². The molecule has 0 fully saturated rings. The highest BCUT2D eigenvalue weighted by Gasteiger charge is 2.11. The molecule has 19 heavy (non-hydrogen) atoms. The molecule has 0 amide bonds. The molecule has 0 unspecified atom stereocenters. The van der Waals surface area contributed by atoms with Gasteiger partial charge < -0.3 is 20.1 Å². The molecule has 0 atom stereocenters. The third-order valence-corrected chi connectivity index (χ3v) is 2.81. The van der Waals surface area contributed by atoms with Crippen molar-refractivity contribution >= 4 is 5.82 Å². The van der Waals surface area contributed by atoms with Crippen LogP contribution in [0.3, 0.4) is 0 Å². The van der Waals surface area contributed by atoms with E-state index in [0.29, 0.717) is 19.8 Å². The molecule has 5 nitrogen and oxygen atoms in total. The fourth-order valence-corrected chi connectivity index (χ4v) is 1.84. The molecular formula is C14H25N3O2. The Labute approximate surface area is 115 Å². The van der Waals surface area contributed by atoms with Crippen molar-refractivity contribution in [3.8, 4) is 0 Å². The van der Waals surface area contributed by atoms with Gasteiger partial charge in [0.1, 0.15) is 5.82 Å². The first-order valence-electron chi connectivity index (χ1n) is 6.87. The standard InChI is InChI=1S/C14H25N3O2/c1-3-18-10-8-17(9-11-19-4-2)14-13(12-15)6-5-7-16-14/h5-7H,3-4,8-12,15H2,1-2H3. The minimum Gasteiger partial charge on any atom is -0.380 e. The summed E-state index contributed by atoms with van der Waals surface area (Å²) in [4.78, 5) is 6.62. The van der Waals surface area contributed by atoms with Gasteiger partial charge in [-0.15, -0.1) is 0 Å². The Balaban J connectivity index is 2.69. The first-order chi connectivity index (χ1) is 9.33. The summed E-state index contributed by atoms with van der Waals surface area (Å²) in [6, 6.07) is 3.92. The second kappa shape index (κ2) is 9.72. The number of anilines is 1.